The average molecular weight is 664 g/mol. The molecule has 0 fully saturated rings. The predicted octanol–water partition coefficient (Wildman–Crippen LogP) is 10.4. The van der Waals surface area contributed by atoms with Crippen LogP contribution in [0.5, 0.6) is 23.0 Å². The smallest absolute Gasteiger partial charge is 0.260 e. The molecule has 4 heteroatoms. The Balaban J connectivity index is 1.27. The highest BCUT2D eigenvalue weighted by atomic mass is 16.5. The average Bonchev–Trinajstić information content (AvgIpc) is 3.55. The predicted molar refractivity (Wildman–Crippen MR) is 213 cm³/mol. The van der Waals surface area contributed by atoms with Gasteiger partial charge in [-0.2, -0.15) is 0 Å². The number of aromatic nitrogens is 1. The molecule has 1 aliphatic carbocycles. The van der Waals surface area contributed by atoms with Gasteiger partial charge in [0.05, 0.1) is 16.7 Å². The minimum absolute atomic E-state index is 0.00350. The summed E-state index contributed by atoms with van der Waals surface area (Å²) in [6, 6.07) is 40.5. The molecular formula is C47H42BNO2. The molecule has 0 unspecified atom stereocenters. The van der Waals surface area contributed by atoms with Crippen molar-refractivity contribution in [2.75, 3.05) is 0 Å². The van der Waals surface area contributed by atoms with Crippen LogP contribution in [-0.2, 0) is 16.2 Å². The molecule has 51 heavy (non-hydrogen) atoms. The maximum atomic E-state index is 6.96. The van der Waals surface area contributed by atoms with Crippen molar-refractivity contribution >= 4 is 44.9 Å². The van der Waals surface area contributed by atoms with Crippen LogP contribution >= 0.6 is 0 Å². The second-order valence-electron chi connectivity index (χ2n) is 17.4. The Hall–Kier alpha value is -5.22. The van der Waals surface area contributed by atoms with Crippen LogP contribution in [0.25, 0.3) is 38.6 Å². The topological polar surface area (TPSA) is 23.4 Å². The standard InChI is InChI=1S/C47H42BNO2/c1-45(2,3)27-17-21-38-35(23-27)48-36-24-28(46(4,5)6)18-22-39(36)51-41-26-29(25-40(50-38)43(41)48)49-37-16-12-10-13-30(37)31-19-20-34-42(44(31)49)32-14-9-11-15-33(32)47(34,7)8/h9-26H,1-8H3. The van der Waals surface area contributed by atoms with Gasteiger partial charge in [-0.05, 0) is 67.8 Å². The van der Waals surface area contributed by atoms with Crippen molar-refractivity contribution < 1.29 is 9.47 Å². The number of hydrogen-bond acceptors (Lipinski definition) is 2. The lowest BCUT2D eigenvalue weighted by atomic mass is 9.34. The Labute approximate surface area is 300 Å². The molecule has 0 saturated carbocycles. The quantitative estimate of drug-likeness (QED) is 0.163. The zero-order valence-corrected chi connectivity index (χ0v) is 30.7. The van der Waals surface area contributed by atoms with Crippen molar-refractivity contribution in [3.8, 4) is 39.8 Å². The van der Waals surface area contributed by atoms with E-state index >= 15 is 0 Å². The first-order valence-corrected chi connectivity index (χ1v) is 18.3. The van der Waals surface area contributed by atoms with Gasteiger partial charge >= 0.3 is 0 Å². The summed E-state index contributed by atoms with van der Waals surface area (Å²) < 4.78 is 16.4. The van der Waals surface area contributed by atoms with Gasteiger partial charge in [-0.25, -0.2) is 0 Å². The van der Waals surface area contributed by atoms with E-state index in [1.54, 1.807) is 0 Å². The largest absolute Gasteiger partial charge is 0.458 e. The molecule has 0 amide bonds. The molecule has 2 aliphatic heterocycles. The van der Waals surface area contributed by atoms with Crippen molar-refractivity contribution in [1.29, 1.82) is 0 Å². The monoisotopic (exact) mass is 663 g/mol. The lowest BCUT2D eigenvalue weighted by Crippen LogP contribution is -2.57. The lowest BCUT2D eigenvalue weighted by molar-refractivity contribution is 0.463. The molecule has 0 spiro atoms. The summed E-state index contributed by atoms with van der Waals surface area (Å²) in [4.78, 5) is 0. The van der Waals surface area contributed by atoms with E-state index in [2.05, 4.69) is 169 Å². The van der Waals surface area contributed by atoms with E-state index in [1.807, 2.05) is 0 Å². The van der Waals surface area contributed by atoms with Gasteiger partial charge in [-0.1, -0.05) is 134 Å². The first kappa shape index (κ1) is 30.6. The summed E-state index contributed by atoms with van der Waals surface area (Å²) in [5.41, 5.74) is 14.8. The number of ether oxygens (including phenoxy) is 2. The fraction of sp³-hybridized carbons (Fsp3) is 0.234. The molecule has 0 saturated heterocycles. The number of para-hydroxylation sites is 1. The highest BCUT2D eigenvalue weighted by Gasteiger charge is 2.42. The molecular weight excluding hydrogens is 621 g/mol. The maximum Gasteiger partial charge on any atom is 0.260 e. The fourth-order valence-electron chi connectivity index (χ4n) is 9.06. The van der Waals surface area contributed by atoms with Crippen LogP contribution < -0.4 is 25.9 Å². The van der Waals surface area contributed by atoms with Crippen molar-refractivity contribution in [3.05, 3.63) is 131 Å². The molecule has 1 aromatic heterocycles. The van der Waals surface area contributed by atoms with Crippen LogP contribution in [0.4, 0.5) is 0 Å². The number of fused-ring (bicyclic) bond motifs is 11. The summed E-state index contributed by atoms with van der Waals surface area (Å²) in [6.07, 6.45) is 0. The van der Waals surface area contributed by atoms with E-state index in [4.69, 9.17) is 9.47 Å². The van der Waals surface area contributed by atoms with Gasteiger partial charge in [-0.15, -0.1) is 0 Å². The second kappa shape index (κ2) is 9.97. The van der Waals surface area contributed by atoms with Crippen LogP contribution in [0.3, 0.4) is 0 Å². The van der Waals surface area contributed by atoms with Crippen LogP contribution in [0.2, 0.25) is 0 Å². The Kier molecular flexibility index (Phi) is 5.98. The molecule has 6 aromatic carbocycles. The zero-order valence-electron chi connectivity index (χ0n) is 30.7. The van der Waals surface area contributed by atoms with Gasteiger partial charge in [0.1, 0.15) is 23.0 Å². The van der Waals surface area contributed by atoms with E-state index < -0.39 is 0 Å². The third-order valence-corrected chi connectivity index (χ3v) is 11.8. The Bertz CT molecular complexity index is 2560. The third kappa shape index (κ3) is 4.20. The molecule has 3 heterocycles. The van der Waals surface area contributed by atoms with Crippen LogP contribution in [0.15, 0.2) is 109 Å². The van der Waals surface area contributed by atoms with Gasteiger partial charge in [0.2, 0.25) is 0 Å². The van der Waals surface area contributed by atoms with Gasteiger partial charge in [0.25, 0.3) is 6.71 Å². The summed E-state index contributed by atoms with van der Waals surface area (Å²) >= 11 is 0. The summed E-state index contributed by atoms with van der Waals surface area (Å²) in [7, 11) is 0. The van der Waals surface area contributed by atoms with Crippen molar-refractivity contribution in [2.45, 2.75) is 71.6 Å². The highest BCUT2D eigenvalue weighted by molar-refractivity contribution is 6.98. The number of nitrogens with zero attached hydrogens (tertiary/aromatic N) is 1. The number of benzene rings is 6. The normalized spacial score (nSPS) is 15.1. The van der Waals surface area contributed by atoms with E-state index in [1.165, 1.54) is 66.1 Å². The minimum atomic E-state index is -0.103. The molecule has 3 nitrogen and oxygen atoms in total. The van der Waals surface area contributed by atoms with Gasteiger partial charge < -0.3 is 14.0 Å². The summed E-state index contributed by atoms with van der Waals surface area (Å²) in [5.74, 6) is 3.54. The van der Waals surface area contributed by atoms with E-state index in [0.29, 0.717) is 0 Å². The van der Waals surface area contributed by atoms with Crippen molar-refractivity contribution in [3.63, 3.8) is 0 Å². The summed E-state index contributed by atoms with van der Waals surface area (Å²) in [5, 5.41) is 2.49. The Morgan fingerprint density at radius 3 is 1.78 bits per heavy atom. The van der Waals surface area contributed by atoms with E-state index in [9.17, 15) is 0 Å². The fourth-order valence-corrected chi connectivity index (χ4v) is 9.06. The SMILES string of the molecule is CC(C)(C)c1ccc2c(c1)B1c3cc(C(C)(C)C)ccc3Oc3cc(-n4c5ccccc5c5ccc6c(c54)-c4ccccc4C6(C)C)cc(c31)O2. The minimum Gasteiger partial charge on any atom is -0.458 e. The van der Waals surface area contributed by atoms with E-state index in [-0.39, 0.29) is 23.0 Å². The molecule has 0 radical (unpaired) electrons. The Morgan fingerprint density at radius 2 is 1.16 bits per heavy atom. The molecule has 250 valence electrons. The summed E-state index contributed by atoms with van der Waals surface area (Å²) in [6.45, 7) is 18.4. The molecule has 0 N–H and O–H groups in total. The zero-order chi connectivity index (χ0) is 35.2. The molecule has 0 atom stereocenters. The highest BCUT2D eigenvalue weighted by Crippen LogP contribution is 2.53. The number of rotatable bonds is 1. The van der Waals surface area contributed by atoms with Crippen LogP contribution in [0, 0.1) is 0 Å². The van der Waals surface area contributed by atoms with Gasteiger partial charge in [0, 0.05) is 39.3 Å². The van der Waals surface area contributed by atoms with E-state index in [0.717, 1.165) is 34.1 Å². The lowest BCUT2D eigenvalue weighted by Gasteiger charge is -2.35. The third-order valence-electron chi connectivity index (χ3n) is 11.8. The number of hydrogen-bond donors (Lipinski definition) is 0. The first-order chi connectivity index (χ1) is 24.3. The van der Waals surface area contributed by atoms with Crippen molar-refractivity contribution in [1.82, 2.24) is 4.57 Å². The second-order valence-corrected chi connectivity index (χ2v) is 17.4. The van der Waals surface area contributed by atoms with Crippen LogP contribution in [0.1, 0.15) is 77.6 Å². The molecule has 7 aromatic rings. The molecule has 10 rings (SSSR count). The van der Waals surface area contributed by atoms with Gasteiger partial charge in [0.15, 0.2) is 0 Å². The Morgan fingerprint density at radius 1 is 0.569 bits per heavy atom. The first-order valence-electron chi connectivity index (χ1n) is 18.3. The maximum absolute atomic E-state index is 6.96. The molecule has 0 bridgehead atoms. The van der Waals surface area contributed by atoms with Crippen LogP contribution in [-0.4, -0.2) is 11.3 Å². The molecule has 3 aliphatic rings. The van der Waals surface area contributed by atoms with Crippen molar-refractivity contribution in [2.24, 2.45) is 0 Å². The van der Waals surface area contributed by atoms with Gasteiger partial charge in [-0.3, -0.25) is 0 Å².